The molecule has 0 unspecified atom stereocenters. The molecule has 0 saturated heterocycles. The Morgan fingerprint density at radius 1 is 0.636 bits per heavy atom. The molecule has 33 heavy (non-hydrogen) atoms. The maximum Gasteiger partial charge on any atom is 0.251 e. The summed E-state index contributed by atoms with van der Waals surface area (Å²) in [6.07, 6.45) is 0.862. The highest BCUT2D eigenvalue weighted by Crippen LogP contribution is 2.56. The van der Waals surface area contributed by atoms with Gasteiger partial charge in [-0.1, -0.05) is 86.6 Å². The van der Waals surface area contributed by atoms with Gasteiger partial charge < -0.3 is 5.32 Å². The monoisotopic (exact) mass is 452 g/mol. The first kappa shape index (κ1) is 23.0. The van der Waals surface area contributed by atoms with Gasteiger partial charge in [0.25, 0.3) is 5.91 Å². The fourth-order valence-corrected chi connectivity index (χ4v) is 9.04. The van der Waals surface area contributed by atoms with E-state index in [0.29, 0.717) is 5.56 Å². The van der Waals surface area contributed by atoms with E-state index in [1.165, 1.54) is 15.9 Å². The first-order valence-corrected chi connectivity index (χ1v) is 13.5. The number of carbonyl (C=O) groups excluding carboxylic acids is 1. The molecule has 0 heterocycles. The Hall–Kier alpha value is -3.22. The fraction of sp³-hybridized carbons (Fsp3) is 0.167. The largest absolute Gasteiger partial charge is 0.345 e. The van der Waals surface area contributed by atoms with Gasteiger partial charge in [-0.25, -0.2) is 0 Å². The molecule has 2 nitrogen and oxygen atoms in total. The molecule has 166 valence electrons. The summed E-state index contributed by atoms with van der Waals surface area (Å²) in [6, 6.07) is 42.0. The van der Waals surface area contributed by atoms with Crippen LogP contribution in [0.5, 0.6) is 0 Å². The normalized spacial score (nSPS) is 12.3. The molecule has 0 aliphatic heterocycles. The molecule has 4 aromatic rings. The van der Waals surface area contributed by atoms with Gasteiger partial charge in [0.2, 0.25) is 0 Å². The van der Waals surface area contributed by atoms with Gasteiger partial charge in [0, 0.05) is 5.56 Å². The molecule has 3 heteroatoms. The lowest BCUT2D eigenvalue weighted by atomic mass is 10.1. The lowest BCUT2D eigenvalue weighted by molar-refractivity contribution is 0.0931. The van der Waals surface area contributed by atoms with Crippen molar-refractivity contribution in [3.05, 3.63) is 127 Å². The number of carbonyl (C=O) groups is 1. The van der Waals surface area contributed by atoms with E-state index in [1.807, 2.05) is 30.3 Å². The third-order valence-corrected chi connectivity index (χ3v) is 10.7. The van der Waals surface area contributed by atoms with Crippen LogP contribution in [0.15, 0.2) is 121 Å². The molecule has 4 rings (SSSR count). The average molecular weight is 453 g/mol. The van der Waals surface area contributed by atoms with Crippen LogP contribution >= 0.6 is 7.26 Å². The third-order valence-electron chi connectivity index (χ3n) is 6.22. The van der Waals surface area contributed by atoms with E-state index < -0.39 is 7.26 Å². The standard InChI is InChI=1S/C30H30NOP/c1-24(2)29(31-30(32)25-15-7-3-8-16-25)23-33(26-17-9-4-10-18-26,27-19-11-5-12-20-27)28-21-13-6-14-22-28/h3-22,24,29H,23H2,1-2H3/p+1/t29-/m1/s1. The van der Waals surface area contributed by atoms with Gasteiger partial charge >= 0.3 is 0 Å². The molecule has 1 N–H and O–H groups in total. The van der Waals surface area contributed by atoms with Crippen LogP contribution in [0.1, 0.15) is 24.2 Å². The SMILES string of the molecule is CC(C)[C@@H](C[P+](c1ccccc1)(c1ccccc1)c1ccccc1)NC(=O)c1ccccc1. The minimum Gasteiger partial charge on any atom is -0.345 e. The molecule has 0 aromatic heterocycles. The molecule has 0 aliphatic carbocycles. The number of hydrogen-bond donors (Lipinski definition) is 1. The maximum atomic E-state index is 13.2. The minimum absolute atomic E-state index is 0.0124. The van der Waals surface area contributed by atoms with Crippen LogP contribution in [-0.4, -0.2) is 18.1 Å². The van der Waals surface area contributed by atoms with Gasteiger partial charge in [-0.05, 0) is 54.4 Å². The molecule has 0 fully saturated rings. The smallest absolute Gasteiger partial charge is 0.251 e. The van der Waals surface area contributed by atoms with E-state index >= 15 is 0 Å². The summed E-state index contributed by atoms with van der Waals surface area (Å²) in [5.74, 6) is 0.273. The minimum atomic E-state index is -2.03. The second-order valence-corrected chi connectivity index (χ2v) is 12.2. The Bertz CT molecular complexity index is 1050. The topological polar surface area (TPSA) is 29.1 Å². The third kappa shape index (κ3) is 5.07. The number of benzene rings is 4. The quantitative estimate of drug-likeness (QED) is 0.355. The summed E-state index contributed by atoms with van der Waals surface area (Å²) in [4.78, 5) is 13.2. The van der Waals surface area contributed by atoms with Crippen molar-refractivity contribution in [2.75, 3.05) is 6.16 Å². The van der Waals surface area contributed by atoms with E-state index in [-0.39, 0.29) is 17.9 Å². The van der Waals surface area contributed by atoms with Gasteiger partial charge in [-0.15, -0.1) is 0 Å². The van der Waals surface area contributed by atoms with Crippen LogP contribution in [-0.2, 0) is 0 Å². The van der Waals surface area contributed by atoms with Crippen molar-refractivity contribution >= 4 is 29.1 Å². The molecule has 0 aliphatic rings. The van der Waals surface area contributed by atoms with Gasteiger partial charge in [-0.3, -0.25) is 4.79 Å². The zero-order valence-corrected chi connectivity index (χ0v) is 20.2. The molecule has 1 amide bonds. The van der Waals surface area contributed by atoms with Crippen molar-refractivity contribution in [1.82, 2.24) is 5.32 Å². The van der Waals surface area contributed by atoms with E-state index in [1.54, 1.807) is 0 Å². The highest BCUT2D eigenvalue weighted by Gasteiger charge is 2.47. The summed E-state index contributed by atoms with van der Waals surface area (Å²) >= 11 is 0. The first-order chi connectivity index (χ1) is 16.1. The number of amides is 1. The van der Waals surface area contributed by atoms with Crippen molar-refractivity contribution in [1.29, 1.82) is 0 Å². The molecule has 0 saturated carbocycles. The summed E-state index contributed by atoms with van der Waals surface area (Å²) < 4.78 is 0. The van der Waals surface area contributed by atoms with Crippen LogP contribution in [0, 0.1) is 5.92 Å². The van der Waals surface area contributed by atoms with E-state index in [4.69, 9.17) is 0 Å². The van der Waals surface area contributed by atoms with Gasteiger partial charge in [0.1, 0.15) is 23.2 Å². The zero-order valence-electron chi connectivity index (χ0n) is 19.3. The van der Waals surface area contributed by atoms with Crippen molar-refractivity contribution in [3.8, 4) is 0 Å². The van der Waals surface area contributed by atoms with Crippen LogP contribution in [0.2, 0.25) is 0 Å². The molecular formula is C30H31NOP+. The van der Waals surface area contributed by atoms with Gasteiger partial charge in [0.05, 0.1) is 12.2 Å². The fourth-order valence-electron chi connectivity index (χ4n) is 4.37. The Morgan fingerprint density at radius 2 is 1.00 bits per heavy atom. The second-order valence-electron chi connectivity index (χ2n) is 8.69. The Balaban J connectivity index is 1.84. The van der Waals surface area contributed by atoms with Crippen molar-refractivity contribution in [2.45, 2.75) is 19.9 Å². The van der Waals surface area contributed by atoms with Crippen LogP contribution in [0.25, 0.3) is 0 Å². The lowest BCUT2D eigenvalue weighted by Crippen LogP contribution is -2.46. The average Bonchev–Trinajstić information content (AvgIpc) is 2.88. The van der Waals surface area contributed by atoms with Crippen molar-refractivity contribution in [2.24, 2.45) is 5.92 Å². The predicted molar refractivity (Wildman–Crippen MR) is 143 cm³/mol. The summed E-state index contributed by atoms with van der Waals surface area (Å²) in [5, 5.41) is 7.39. The maximum absolute atomic E-state index is 13.2. The second kappa shape index (κ2) is 10.6. The van der Waals surface area contributed by atoms with Crippen LogP contribution < -0.4 is 21.2 Å². The van der Waals surface area contributed by atoms with Crippen molar-refractivity contribution < 1.29 is 4.79 Å². The highest BCUT2D eigenvalue weighted by molar-refractivity contribution is 7.95. The van der Waals surface area contributed by atoms with Crippen LogP contribution in [0.4, 0.5) is 0 Å². The molecule has 1 atom stereocenters. The molecule has 0 radical (unpaired) electrons. The summed E-state index contributed by atoms with van der Waals surface area (Å²) in [5.41, 5.74) is 0.700. The van der Waals surface area contributed by atoms with Crippen molar-refractivity contribution in [3.63, 3.8) is 0 Å². The summed E-state index contributed by atoms with van der Waals surface area (Å²) in [7, 11) is -2.03. The first-order valence-electron chi connectivity index (χ1n) is 11.5. The predicted octanol–water partition coefficient (Wildman–Crippen LogP) is 5.44. The Kier molecular flexibility index (Phi) is 7.37. The number of nitrogens with one attached hydrogen (secondary N) is 1. The number of hydrogen-bond acceptors (Lipinski definition) is 1. The molecular weight excluding hydrogens is 421 g/mol. The number of rotatable bonds is 8. The molecule has 0 spiro atoms. The van der Waals surface area contributed by atoms with E-state index in [0.717, 1.165) is 6.16 Å². The van der Waals surface area contributed by atoms with E-state index in [9.17, 15) is 4.79 Å². The zero-order chi connectivity index (χ0) is 23.1. The van der Waals surface area contributed by atoms with E-state index in [2.05, 4.69) is 110 Å². The Morgan fingerprint density at radius 3 is 1.36 bits per heavy atom. The Labute approximate surface area is 198 Å². The van der Waals surface area contributed by atoms with Gasteiger partial charge in [-0.2, -0.15) is 0 Å². The molecule has 4 aromatic carbocycles. The van der Waals surface area contributed by atoms with Gasteiger partial charge in [0.15, 0.2) is 0 Å². The lowest BCUT2D eigenvalue weighted by Gasteiger charge is -2.33. The highest BCUT2D eigenvalue weighted by atomic mass is 31.2. The van der Waals surface area contributed by atoms with Crippen LogP contribution in [0.3, 0.4) is 0 Å². The molecule has 0 bridgehead atoms. The summed E-state index contributed by atoms with van der Waals surface area (Å²) in [6.45, 7) is 4.40.